The number of rotatable bonds is 1. The molecule has 3 nitrogen and oxygen atoms in total. The zero-order chi connectivity index (χ0) is 12.5. The van der Waals surface area contributed by atoms with Crippen molar-refractivity contribution >= 4 is 11.0 Å². The van der Waals surface area contributed by atoms with E-state index < -0.39 is 11.6 Å². The predicted molar refractivity (Wildman–Crippen MR) is 65.7 cm³/mol. The van der Waals surface area contributed by atoms with E-state index in [4.69, 9.17) is 4.42 Å². The molecular weight excluding hydrogens is 233 g/mol. The molecule has 3 aromatic rings. The van der Waals surface area contributed by atoms with Crippen LogP contribution in [0.5, 0.6) is 0 Å². The summed E-state index contributed by atoms with van der Waals surface area (Å²) < 4.78 is 18.2. The minimum atomic E-state index is -0.625. The number of hydrogen-bond acceptors (Lipinski definition) is 3. The number of nitrogens with zero attached hydrogens (tertiary/aromatic N) is 1. The number of halogens is 1. The molecule has 3 rings (SSSR count). The van der Waals surface area contributed by atoms with Crippen molar-refractivity contribution in [3.63, 3.8) is 0 Å². The van der Waals surface area contributed by atoms with Gasteiger partial charge in [0.15, 0.2) is 0 Å². The molecule has 0 aliphatic carbocycles. The molecule has 2 aromatic heterocycles. The Morgan fingerprint density at radius 2 is 1.89 bits per heavy atom. The molecule has 0 aliphatic heterocycles. The first-order chi connectivity index (χ1) is 8.74. The van der Waals surface area contributed by atoms with E-state index in [1.54, 1.807) is 24.3 Å². The van der Waals surface area contributed by atoms with Crippen LogP contribution < -0.4 is 5.63 Å². The van der Waals surface area contributed by atoms with Crippen molar-refractivity contribution in [2.45, 2.75) is 0 Å². The van der Waals surface area contributed by atoms with Crippen LogP contribution in [-0.2, 0) is 0 Å². The van der Waals surface area contributed by atoms with Gasteiger partial charge in [-0.3, -0.25) is 0 Å². The lowest BCUT2D eigenvalue weighted by atomic mass is 10.1. The molecule has 0 atom stereocenters. The lowest BCUT2D eigenvalue weighted by molar-refractivity contribution is 0.561. The molecule has 0 unspecified atom stereocenters. The van der Waals surface area contributed by atoms with E-state index in [-0.39, 0.29) is 11.3 Å². The van der Waals surface area contributed by atoms with Crippen LogP contribution in [0.3, 0.4) is 0 Å². The van der Waals surface area contributed by atoms with E-state index in [1.165, 1.54) is 12.1 Å². The summed E-state index contributed by atoms with van der Waals surface area (Å²) in [6, 6.07) is 13.1. The molecule has 0 saturated heterocycles. The number of aromatic nitrogens is 1. The van der Waals surface area contributed by atoms with E-state index in [0.717, 1.165) is 5.39 Å². The minimum absolute atomic E-state index is 0.258. The number of pyridine rings is 1. The van der Waals surface area contributed by atoms with Crippen molar-refractivity contribution in [2.75, 3.05) is 0 Å². The summed E-state index contributed by atoms with van der Waals surface area (Å²) in [6.07, 6.45) is 0. The molecule has 18 heavy (non-hydrogen) atoms. The summed E-state index contributed by atoms with van der Waals surface area (Å²) in [5, 5.41) is 0.776. The van der Waals surface area contributed by atoms with Crippen LogP contribution >= 0.6 is 0 Å². The van der Waals surface area contributed by atoms with E-state index in [0.29, 0.717) is 5.58 Å². The Morgan fingerprint density at radius 1 is 1.06 bits per heavy atom. The first kappa shape index (κ1) is 10.7. The van der Waals surface area contributed by atoms with E-state index in [2.05, 4.69) is 4.98 Å². The Kier molecular flexibility index (Phi) is 2.41. The first-order valence-electron chi connectivity index (χ1n) is 5.40. The van der Waals surface area contributed by atoms with Gasteiger partial charge in [-0.25, -0.2) is 9.78 Å². The summed E-state index contributed by atoms with van der Waals surface area (Å²) in [5.74, 6) is -0.625. The molecule has 0 aliphatic rings. The highest BCUT2D eigenvalue weighted by molar-refractivity contribution is 5.80. The van der Waals surface area contributed by atoms with E-state index in [1.807, 2.05) is 12.1 Å². The number of hydrogen-bond donors (Lipinski definition) is 0. The summed E-state index contributed by atoms with van der Waals surface area (Å²) >= 11 is 0. The van der Waals surface area contributed by atoms with Crippen LogP contribution in [0.25, 0.3) is 22.2 Å². The molecule has 0 fully saturated rings. The lowest BCUT2D eigenvalue weighted by Gasteiger charge is -2.01. The van der Waals surface area contributed by atoms with Gasteiger partial charge in [-0.15, -0.1) is 0 Å². The minimum Gasteiger partial charge on any atom is -0.422 e. The highest BCUT2D eigenvalue weighted by atomic mass is 19.1. The molecule has 0 bridgehead atoms. The van der Waals surface area contributed by atoms with Crippen LogP contribution in [-0.4, -0.2) is 4.98 Å². The molecule has 0 N–H and O–H groups in total. The van der Waals surface area contributed by atoms with Crippen molar-refractivity contribution in [2.24, 2.45) is 0 Å². The molecule has 0 radical (unpaired) electrons. The molecule has 1 aromatic carbocycles. The van der Waals surface area contributed by atoms with Gasteiger partial charge in [-0.1, -0.05) is 24.3 Å². The maximum Gasteiger partial charge on any atom is 0.345 e. The second kappa shape index (κ2) is 4.07. The predicted octanol–water partition coefficient (Wildman–Crippen LogP) is 2.99. The molecule has 0 saturated carbocycles. The fraction of sp³-hybridized carbons (Fsp3) is 0. The topological polar surface area (TPSA) is 43.1 Å². The fourth-order valence-electron chi connectivity index (χ4n) is 1.80. The van der Waals surface area contributed by atoms with Crippen molar-refractivity contribution in [1.29, 1.82) is 0 Å². The van der Waals surface area contributed by atoms with Crippen LogP contribution in [0.4, 0.5) is 4.39 Å². The molecular formula is C14H8FNO2. The SMILES string of the molecule is O=c1oc2ccccc2cc1-c1cccc(F)n1. The Labute approximate surface area is 102 Å². The number of fused-ring (bicyclic) bond motifs is 1. The lowest BCUT2D eigenvalue weighted by Crippen LogP contribution is -2.04. The highest BCUT2D eigenvalue weighted by Crippen LogP contribution is 2.19. The Morgan fingerprint density at radius 3 is 2.72 bits per heavy atom. The maximum atomic E-state index is 13.1. The Hall–Kier alpha value is -2.49. The Bertz CT molecular complexity index is 780. The van der Waals surface area contributed by atoms with Crippen LogP contribution in [0, 0.1) is 5.95 Å². The third kappa shape index (κ3) is 1.78. The monoisotopic (exact) mass is 241 g/mol. The summed E-state index contributed by atoms with van der Waals surface area (Å²) in [5.41, 5.74) is 0.511. The average molecular weight is 241 g/mol. The standard InChI is InChI=1S/C14H8FNO2/c15-13-7-3-5-11(16-13)10-8-9-4-1-2-6-12(9)18-14(10)17/h1-8H. The third-order valence-corrected chi connectivity index (χ3v) is 2.63. The van der Waals surface area contributed by atoms with Gasteiger partial charge in [0.25, 0.3) is 0 Å². The van der Waals surface area contributed by atoms with E-state index in [9.17, 15) is 9.18 Å². The first-order valence-corrected chi connectivity index (χ1v) is 5.40. The van der Waals surface area contributed by atoms with Gasteiger partial charge in [-0.05, 0) is 24.3 Å². The van der Waals surface area contributed by atoms with Gasteiger partial charge in [-0.2, -0.15) is 4.39 Å². The highest BCUT2D eigenvalue weighted by Gasteiger charge is 2.09. The average Bonchev–Trinajstić information content (AvgIpc) is 2.38. The molecule has 0 amide bonds. The number of benzene rings is 1. The summed E-state index contributed by atoms with van der Waals surface area (Å²) in [6.45, 7) is 0. The molecule has 2 heterocycles. The zero-order valence-corrected chi connectivity index (χ0v) is 9.26. The van der Waals surface area contributed by atoms with E-state index >= 15 is 0 Å². The van der Waals surface area contributed by atoms with Gasteiger partial charge < -0.3 is 4.42 Å². The Balaban J connectivity index is 2.29. The second-order valence-corrected chi connectivity index (χ2v) is 3.83. The zero-order valence-electron chi connectivity index (χ0n) is 9.26. The van der Waals surface area contributed by atoms with Gasteiger partial charge in [0.05, 0.1) is 11.3 Å². The normalized spacial score (nSPS) is 10.7. The largest absolute Gasteiger partial charge is 0.422 e. The second-order valence-electron chi connectivity index (χ2n) is 3.83. The fourth-order valence-corrected chi connectivity index (χ4v) is 1.80. The van der Waals surface area contributed by atoms with Crippen molar-refractivity contribution in [3.05, 3.63) is 64.9 Å². The quantitative estimate of drug-likeness (QED) is 0.486. The van der Waals surface area contributed by atoms with Crippen molar-refractivity contribution in [3.8, 4) is 11.3 Å². The maximum absolute atomic E-state index is 13.1. The smallest absolute Gasteiger partial charge is 0.345 e. The van der Waals surface area contributed by atoms with Crippen molar-refractivity contribution in [1.82, 2.24) is 4.98 Å². The van der Waals surface area contributed by atoms with Gasteiger partial charge in [0, 0.05) is 5.39 Å². The van der Waals surface area contributed by atoms with Gasteiger partial charge in [0.2, 0.25) is 5.95 Å². The molecule has 0 spiro atoms. The summed E-state index contributed by atoms with van der Waals surface area (Å²) in [4.78, 5) is 15.5. The number of para-hydroxylation sites is 1. The van der Waals surface area contributed by atoms with Crippen molar-refractivity contribution < 1.29 is 8.81 Å². The van der Waals surface area contributed by atoms with Crippen LogP contribution in [0.2, 0.25) is 0 Å². The van der Waals surface area contributed by atoms with Gasteiger partial charge >= 0.3 is 5.63 Å². The van der Waals surface area contributed by atoms with Crippen LogP contribution in [0.1, 0.15) is 0 Å². The molecule has 88 valence electrons. The third-order valence-electron chi connectivity index (χ3n) is 2.63. The van der Waals surface area contributed by atoms with Crippen LogP contribution in [0.15, 0.2) is 57.7 Å². The summed E-state index contributed by atoms with van der Waals surface area (Å²) in [7, 11) is 0. The molecule has 4 heteroatoms. The van der Waals surface area contributed by atoms with Gasteiger partial charge in [0.1, 0.15) is 5.58 Å².